The van der Waals surface area contributed by atoms with E-state index in [0.717, 1.165) is 37.8 Å². The van der Waals surface area contributed by atoms with Crippen LogP contribution in [-0.4, -0.2) is 77.6 Å². The summed E-state index contributed by atoms with van der Waals surface area (Å²) in [5.41, 5.74) is 4.17. The molecule has 43 heavy (non-hydrogen) atoms. The minimum Gasteiger partial charge on any atom is -0.462 e. The zero-order valence-corrected chi connectivity index (χ0v) is 24.2. The van der Waals surface area contributed by atoms with Gasteiger partial charge in [0.1, 0.15) is 17.9 Å². The highest BCUT2D eigenvalue weighted by Gasteiger charge is 2.46. The van der Waals surface area contributed by atoms with Crippen molar-refractivity contribution in [1.82, 2.24) is 19.8 Å². The highest BCUT2D eigenvalue weighted by molar-refractivity contribution is 5.95. The van der Waals surface area contributed by atoms with Crippen LogP contribution >= 0.6 is 0 Å². The van der Waals surface area contributed by atoms with E-state index >= 15 is 4.39 Å². The van der Waals surface area contributed by atoms with Gasteiger partial charge >= 0.3 is 6.01 Å². The van der Waals surface area contributed by atoms with Gasteiger partial charge in [0.2, 0.25) is 0 Å². The lowest BCUT2D eigenvalue weighted by atomic mass is 9.93. The van der Waals surface area contributed by atoms with Crippen molar-refractivity contribution in [2.45, 2.75) is 50.1 Å². The number of carbonyl (C=O) groups is 1. The van der Waals surface area contributed by atoms with Gasteiger partial charge in [0.25, 0.3) is 5.91 Å². The number of piperazine rings is 1. The van der Waals surface area contributed by atoms with Crippen molar-refractivity contribution < 1.29 is 18.3 Å². The predicted molar refractivity (Wildman–Crippen MR) is 159 cm³/mol. The molecule has 0 radical (unpaired) electrons. The number of nitrogens with zero attached hydrogens (tertiary/aromatic N) is 6. The molecule has 7 rings (SSSR count). The van der Waals surface area contributed by atoms with Crippen LogP contribution in [0.3, 0.4) is 0 Å². The Balaban J connectivity index is 1.29. The predicted octanol–water partition coefficient (Wildman–Crippen LogP) is 4.98. The molecule has 1 amide bonds. The van der Waals surface area contributed by atoms with Gasteiger partial charge in [-0.05, 0) is 73.9 Å². The number of halogens is 2. The van der Waals surface area contributed by atoms with Crippen LogP contribution in [0.5, 0.6) is 6.01 Å². The summed E-state index contributed by atoms with van der Waals surface area (Å²) in [4.78, 5) is 27.4. The van der Waals surface area contributed by atoms with Crippen molar-refractivity contribution in [2.24, 2.45) is 5.92 Å². The lowest BCUT2D eigenvalue weighted by Gasteiger charge is -2.41. The molecule has 2 aliphatic carbocycles. The number of likely N-dealkylation sites (N-methyl/N-ethyl adjacent to an activating group) is 1. The molecule has 2 aliphatic heterocycles. The van der Waals surface area contributed by atoms with E-state index in [1.807, 2.05) is 29.2 Å². The van der Waals surface area contributed by atoms with E-state index in [2.05, 4.69) is 35.6 Å². The number of likely N-dealkylation sites (tertiary alicyclic amines) is 1. The quantitative estimate of drug-likeness (QED) is 0.362. The standard InChI is InChI=1S/C33H34F2N6O2/c1-19(34)32(42)41-14-13-40(17-22(41)10-11-36)31-26-9-8-25(24-7-3-5-20-15-21-16-27(21)28(20)24)29(35)30(26)37-33(38-31)43-18-23-6-4-12-39(23)2/h3,5,7-9,21-23,27H,1,4,6,10,12-18H2,2H3/t21-,22+,23+,27+/m1/s1. The third kappa shape index (κ3) is 4.89. The van der Waals surface area contributed by atoms with Gasteiger partial charge in [0.05, 0.1) is 18.5 Å². The Morgan fingerprint density at radius 2 is 2.02 bits per heavy atom. The fourth-order valence-corrected chi connectivity index (χ4v) is 7.32. The molecule has 1 aromatic heterocycles. The topological polar surface area (TPSA) is 85.6 Å². The van der Waals surface area contributed by atoms with Crippen LogP contribution < -0.4 is 9.64 Å². The van der Waals surface area contributed by atoms with Gasteiger partial charge in [-0.2, -0.15) is 15.2 Å². The van der Waals surface area contributed by atoms with Crippen molar-refractivity contribution in [2.75, 3.05) is 44.7 Å². The largest absolute Gasteiger partial charge is 0.462 e. The number of hydrogen-bond acceptors (Lipinski definition) is 7. The number of rotatable bonds is 7. The molecule has 4 aliphatic rings. The van der Waals surface area contributed by atoms with Gasteiger partial charge in [0, 0.05) is 36.6 Å². The molecule has 8 nitrogen and oxygen atoms in total. The van der Waals surface area contributed by atoms with Gasteiger partial charge < -0.3 is 19.4 Å². The average molecular weight is 585 g/mol. The normalized spacial score (nSPS) is 24.5. The molecular formula is C33H34F2N6O2. The molecule has 3 aromatic rings. The number of amides is 1. The zero-order chi connectivity index (χ0) is 29.8. The van der Waals surface area contributed by atoms with Crippen LogP contribution in [0.2, 0.25) is 0 Å². The molecule has 0 bridgehead atoms. The molecule has 2 aromatic carbocycles. The number of fused-ring (bicyclic) bond motifs is 4. The van der Waals surface area contributed by atoms with E-state index in [0.29, 0.717) is 41.8 Å². The number of nitriles is 1. The minimum atomic E-state index is -1.06. The van der Waals surface area contributed by atoms with E-state index in [1.165, 1.54) is 16.0 Å². The highest BCUT2D eigenvalue weighted by atomic mass is 19.1. The van der Waals surface area contributed by atoms with Crippen LogP contribution in [0, 0.1) is 23.1 Å². The van der Waals surface area contributed by atoms with Crippen molar-refractivity contribution in [3.05, 3.63) is 59.7 Å². The molecule has 0 unspecified atom stereocenters. The summed E-state index contributed by atoms with van der Waals surface area (Å²) >= 11 is 0. The van der Waals surface area contributed by atoms with E-state index in [4.69, 9.17) is 9.72 Å². The second-order valence-electron chi connectivity index (χ2n) is 12.3. The number of aromatic nitrogens is 2. The summed E-state index contributed by atoms with van der Waals surface area (Å²) in [6, 6.07) is 11.7. The Morgan fingerprint density at radius 1 is 1.16 bits per heavy atom. The molecule has 222 valence electrons. The summed E-state index contributed by atoms with van der Waals surface area (Å²) in [5, 5.41) is 9.99. The summed E-state index contributed by atoms with van der Waals surface area (Å²) in [5.74, 6) is -0.653. The fourth-order valence-electron chi connectivity index (χ4n) is 7.32. The van der Waals surface area contributed by atoms with Gasteiger partial charge in [-0.25, -0.2) is 8.78 Å². The van der Waals surface area contributed by atoms with E-state index < -0.39 is 23.6 Å². The van der Waals surface area contributed by atoms with Gasteiger partial charge in [-0.15, -0.1) is 0 Å². The average Bonchev–Trinajstić information content (AvgIpc) is 3.48. The Kier molecular flexibility index (Phi) is 7.01. The van der Waals surface area contributed by atoms with Crippen LogP contribution in [0.1, 0.15) is 42.7 Å². The van der Waals surface area contributed by atoms with Crippen molar-refractivity contribution in [1.29, 1.82) is 5.26 Å². The van der Waals surface area contributed by atoms with Crippen molar-refractivity contribution >= 4 is 22.6 Å². The Bertz CT molecular complexity index is 1670. The van der Waals surface area contributed by atoms with E-state index in [9.17, 15) is 14.4 Å². The van der Waals surface area contributed by atoms with E-state index in [-0.39, 0.29) is 37.1 Å². The maximum atomic E-state index is 16.6. The summed E-state index contributed by atoms with van der Waals surface area (Å²) in [6.45, 7) is 5.24. The molecular weight excluding hydrogens is 550 g/mol. The van der Waals surface area contributed by atoms with Crippen molar-refractivity contribution in [3.63, 3.8) is 0 Å². The Morgan fingerprint density at radius 3 is 2.79 bits per heavy atom. The lowest BCUT2D eigenvalue weighted by Crippen LogP contribution is -2.55. The third-order valence-electron chi connectivity index (χ3n) is 9.71. The summed E-state index contributed by atoms with van der Waals surface area (Å²) in [6.07, 6.45) is 4.31. The van der Waals surface area contributed by atoms with E-state index in [1.54, 1.807) is 0 Å². The first-order valence-corrected chi connectivity index (χ1v) is 15.1. The number of benzene rings is 2. The fraction of sp³-hybridized carbons (Fsp3) is 0.455. The first-order valence-electron chi connectivity index (χ1n) is 15.1. The monoisotopic (exact) mass is 584 g/mol. The Hall–Kier alpha value is -4.10. The maximum absolute atomic E-state index is 16.6. The van der Waals surface area contributed by atoms with Crippen LogP contribution in [0.4, 0.5) is 14.6 Å². The molecule has 2 saturated heterocycles. The first kappa shape index (κ1) is 27.7. The van der Waals surface area contributed by atoms with Crippen LogP contribution in [0.15, 0.2) is 42.7 Å². The molecule has 1 saturated carbocycles. The lowest BCUT2D eigenvalue weighted by molar-refractivity contribution is -0.131. The van der Waals surface area contributed by atoms with Crippen molar-refractivity contribution in [3.8, 4) is 23.2 Å². The molecule has 4 atom stereocenters. The maximum Gasteiger partial charge on any atom is 0.319 e. The number of carbonyl (C=O) groups excluding carboxylic acids is 1. The molecule has 0 spiro atoms. The molecule has 10 heteroatoms. The molecule has 0 N–H and O–H groups in total. The smallest absolute Gasteiger partial charge is 0.319 e. The minimum absolute atomic E-state index is 0.00962. The number of ether oxygens (including phenoxy) is 1. The molecule has 3 heterocycles. The number of hydrogen-bond donors (Lipinski definition) is 0. The SMILES string of the molecule is C=C(F)C(=O)N1CCN(c2nc(OC[C@@H]3CCCN3C)nc3c(F)c(-c4cccc5c4[C@H]4C[C@H]4C5)ccc23)C[C@@H]1CC#N. The zero-order valence-electron chi connectivity index (χ0n) is 24.2. The van der Waals surface area contributed by atoms with Gasteiger partial charge in [0.15, 0.2) is 11.6 Å². The molecule has 3 fully saturated rings. The third-order valence-corrected chi connectivity index (χ3v) is 9.71. The van der Waals surface area contributed by atoms with Gasteiger partial charge in [-0.3, -0.25) is 4.79 Å². The second kappa shape index (κ2) is 10.9. The Labute approximate surface area is 249 Å². The second-order valence-corrected chi connectivity index (χ2v) is 12.3. The highest BCUT2D eigenvalue weighted by Crippen LogP contribution is 2.58. The first-order chi connectivity index (χ1) is 20.8. The van der Waals surface area contributed by atoms with Gasteiger partial charge in [-0.1, -0.05) is 30.8 Å². The summed E-state index contributed by atoms with van der Waals surface area (Å²) in [7, 11) is 2.06. The number of anilines is 1. The van der Waals surface area contributed by atoms with Crippen LogP contribution in [0.25, 0.3) is 22.0 Å². The summed E-state index contributed by atoms with van der Waals surface area (Å²) < 4.78 is 36.5. The van der Waals surface area contributed by atoms with Crippen LogP contribution in [-0.2, 0) is 11.2 Å².